The third-order valence-corrected chi connectivity index (χ3v) is 4.52. The SMILES string of the molecule is Cc1cc2ccc3c(O)c(O)c4c(c3c2c2ccccc12)O4. The zero-order chi connectivity index (χ0) is 15.0. The second-order valence-corrected chi connectivity index (χ2v) is 5.78. The van der Waals surface area contributed by atoms with Gasteiger partial charge in [0.15, 0.2) is 11.5 Å². The number of aromatic hydroxyl groups is 2. The predicted molar refractivity (Wildman–Crippen MR) is 87.1 cm³/mol. The standard InChI is InChI=1S/C19H12O3/c1-9-8-10-6-7-13-15(18-19(22-18)17(21)16(13)20)14(10)12-5-3-2-4-11(9)12/h2-8,20-21H,1H3. The smallest absolute Gasteiger partial charge is 0.216 e. The van der Waals surface area contributed by atoms with Gasteiger partial charge in [-0.25, -0.2) is 0 Å². The summed E-state index contributed by atoms with van der Waals surface area (Å²) in [6, 6.07) is 14.2. The molecular formula is C19H12O3. The lowest BCUT2D eigenvalue weighted by Gasteiger charge is -2.10. The molecule has 0 fully saturated rings. The largest absolute Gasteiger partial charge is 0.504 e. The summed E-state index contributed by atoms with van der Waals surface area (Å²) in [6.45, 7) is 2.10. The summed E-state index contributed by atoms with van der Waals surface area (Å²) in [5, 5.41) is 26.1. The van der Waals surface area contributed by atoms with Crippen LogP contribution in [-0.4, -0.2) is 10.2 Å². The molecule has 3 heteroatoms. The van der Waals surface area contributed by atoms with Crippen molar-refractivity contribution in [3.63, 3.8) is 0 Å². The monoisotopic (exact) mass is 288 g/mol. The summed E-state index contributed by atoms with van der Waals surface area (Å²) in [7, 11) is 0. The quantitative estimate of drug-likeness (QED) is 0.240. The lowest BCUT2D eigenvalue weighted by Crippen LogP contribution is -1.84. The minimum atomic E-state index is -0.168. The Hall–Kier alpha value is -2.94. The number of aryl methyl sites for hydroxylation is 1. The van der Waals surface area contributed by atoms with Crippen molar-refractivity contribution in [2.24, 2.45) is 0 Å². The summed E-state index contributed by atoms with van der Waals surface area (Å²) < 4.78 is 5.44. The zero-order valence-corrected chi connectivity index (χ0v) is 11.8. The number of fused-ring (bicyclic) bond motifs is 7. The Kier molecular flexibility index (Phi) is 1.93. The maximum atomic E-state index is 10.2. The number of phenolic OH excluding ortho intramolecular Hbond substituents is 2. The van der Waals surface area contributed by atoms with E-state index in [1.807, 2.05) is 24.3 Å². The lowest BCUT2D eigenvalue weighted by molar-refractivity contribution is 0.403. The number of phenols is 2. The Morgan fingerprint density at radius 2 is 1.55 bits per heavy atom. The van der Waals surface area contributed by atoms with Gasteiger partial charge in [0.25, 0.3) is 0 Å². The Morgan fingerprint density at radius 1 is 0.773 bits per heavy atom. The van der Waals surface area contributed by atoms with Crippen molar-refractivity contribution in [2.75, 3.05) is 0 Å². The first kappa shape index (κ1) is 11.7. The van der Waals surface area contributed by atoms with Crippen molar-refractivity contribution >= 4 is 32.3 Å². The van der Waals surface area contributed by atoms with E-state index in [0.29, 0.717) is 16.9 Å². The van der Waals surface area contributed by atoms with E-state index >= 15 is 0 Å². The molecule has 0 saturated carbocycles. The molecule has 0 aliphatic carbocycles. The maximum Gasteiger partial charge on any atom is 0.216 e. The molecule has 2 N–H and O–H groups in total. The molecule has 4 aromatic rings. The highest BCUT2D eigenvalue weighted by Crippen LogP contribution is 2.62. The van der Waals surface area contributed by atoms with E-state index in [9.17, 15) is 10.2 Å². The fourth-order valence-electron chi connectivity index (χ4n) is 3.45. The number of rotatable bonds is 0. The van der Waals surface area contributed by atoms with Crippen LogP contribution < -0.4 is 4.74 Å². The van der Waals surface area contributed by atoms with Crippen LogP contribution in [0.3, 0.4) is 0 Å². The van der Waals surface area contributed by atoms with Crippen molar-refractivity contribution in [1.82, 2.24) is 0 Å². The molecule has 1 aliphatic rings. The Morgan fingerprint density at radius 3 is 2.36 bits per heavy atom. The first-order valence-electron chi connectivity index (χ1n) is 7.17. The van der Waals surface area contributed by atoms with Crippen molar-refractivity contribution < 1.29 is 14.9 Å². The summed E-state index contributed by atoms with van der Waals surface area (Å²) >= 11 is 0. The van der Waals surface area contributed by atoms with Gasteiger partial charge in [0, 0.05) is 16.2 Å². The van der Waals surface area contributed by atoms with Gasteiger partial charge in [0.1, 0.15) is 0 Å². The summed E-state index contributed by atoms with van der Waals surface area (Å²) in [5.74, 6) is 0.781. The molecule has 1 aliphatic heterocycles. The first-order valence-corrected chi connectivity index (χ1v) is 7.17. The highest BCUT2D eigenvalue weighted by molar-refractivity contribution is 6.25. The average Bonchev–Trinajstić information content (AvgIpc) is 3.33. The molecule has 0 atom stereocenters. The van der Waals surface area contributed by atoms with Crippen LogP contribution in [0.4, 0.5) is 0 Å². The molecule has 0 spiro atoms. The molecule has 3 nitrogen and oxygen atoms in total. The zero-order valence-electron chi connectivity index (χ0n) is 11.8. The van der Waals surface area contributed by atoms with Crippen molar-refractivity contribution in [3.8, 4) is 23.0 Å². The third kappa shape index (κ3) is 1.26. The molecule has 0 aromatic heterocycles. The highest BCUT2D eigenvalue weighted by Gasteiger charge is 2.33. The van der Waals surface area contributed by atoms with Crippen LogP contribution in [0.25, 0.3) is 32.3 Å². The molecular weight excluding hydrogens is 276 g/mol. The van der Waals surface area contributed by atoms with Crippen LogP contribution in [-0.2, 0) is 0 Å². The second kappa shape index (κ2) is 3.63. The molecule has 5 rings (SSSR count). The molecule has 0 unspecified atom stereocenters. The number of ether oxygens (including phenoxy) is 1. The van der Waals surface area contributed by atoms with Gasteiger partial charge in [-0.1, -0.05) is 36.4 Å². The molecule has 0 radical (unpaired) electrons. The molecule has 1 heterocycles. The van der Waals surface area contributed by atoms with Gasteiger partial charge in [0.2, 0.25) is 11.5 Å². The van der Waals surface area contributed by atoms with Crippen LogP contribution in [0, 0.1) is 6.92 Å². The fraction of sp³-hybridized carbons (Fsp3) is 0.0526. The Balaban J connectivity index is 2.15. The topological polar surface area (TPSA) is 53.0 Å². The maximum absolute atomic E-state index is 10.2. The van der Waals surface area contributed by atoms with Gasteiger partial charge in [-0.15, -0.1) is 0 Å². The average molecular weight is 288 g/mol. The Labute approximate surface area is 126 Å². The predicted octanol–water partition coefficient (Wildman–Crippen LogP) is 4.97. The van der Waals surface area contributed by atoms with Gasteiger partial charge in [-0.05, 0) is 34.7 Å². The van der Waals surface area contributed by atoms with E-state index in [1.54, 1.807) is 0 Å². The summed E-state index contributed by atoms with van der Waals surface area (Å²) in [6.07, 6.45) is 0. The van der Waals surface area contributed by atoms with E-state index in [0.717, 1.165) is 21.5 Å². The molecule has 0 bridgehead atoms. The minimum Gasteiger partial charge on any atom is -0.504 e. The molecule has 0 saturated heterocycles. The van der Waals surface area contributed by atoms with Crippen LogP contribution >= 0.6 is 0 Å². The normalized spacial score (nSPS) is 12.6. The van der Waals surface area contributed by atoms with Crippen LogP contribution in [0.5, 0.6) is 23.0 Å². The van der Waals surface area contributed by atoms with Gasteiger partial charge in [-0.2, -0.15) is 0 Å². The van der Waals surface area contributed by atoms with Crippen molar-refractivity contribution in [2.45, 2.75) is 6.92 Å². The Bertz CT molecular complexity index is 1130. The number of benzene rings is 4. The van der Waals surface area contributed by atoms with Crippen LogP contribution in [0.2, 0.25) is 0 Å². The van der Waals surface area contributed by atoms with Crippen LogP contribution in [0.15, 0.2) is 42.5 Å². The van der Waals surface area contributed by atoms with Gasteiger partial charge in [0.05, 0.1) is 0 Å². The molecule has 4 aromatic carbocycles. The fourth-order valence-corrected chi connectivity index (χ4v) is 3.45. The van der Waals surface area contributed by atoms with E-state index < -0.39 is 0 Å². The van der Waals surface area contributed by atoms with Gasteiger partial charge >= 0.3 is 0 Å². The van der Waals surface area contributed by atoms with E-state index in [4.69, 9.17) is 4.74 Å². The molecule has 0 amide bonds. The lowest BCUT2D eigenvalue weighted by atomic mass is 9.93. The second-order valence-electron chi connectivity index (χ2n) is 5.78. The summed E-state index contributed by atoms with van der Waals surface area (Å²) in [5.41, 5.74) is 1.22. The van der Waals surface area contributed by atoms with E-state index in [1.165, 1.54) is 10.9 Å². The van der Waals surface area contributed by atoms with Gasteiger partial charge < -0.3 is 14.9 Å². The first-order chi connectivity index (χ1) is 10.7. The molecule has 106 valence electrons. The molecule has 22 heavy (non-hydrogen) atoms. The van der Waals surface area contributed by atoms with E-state index in [2.05, 4.69) is 25.1 Å². The third-order valence-electron chi connectivity index (χ3n) is 4.52. The number of hydrogen-bond donors (Lipinski definition) is 2. The minimum absolute atomic E-state index is 0.113. The van der Waals surface area contributed by atoms with E-state index in [-0.39, 0.29) is 11.5 Å². The van der Waals surface area contributed by atoms with Crippen molar-refractivity contribution in [1.29, 1.82) is 0 Å². The van der Waals surface area contributed by atoms with Gasteiger partial charge in [-0.3, -0.25) is 0 Å². The van der Waals surface area contributed by atoms with Crippen molar-refractivity contribution in [3.05, 3.63) is 48.0 Å². The number of hydrogen-bond acceptors (Lipinski definition) is 3. The highest BCUT2D eigenvalue weighted by atomic mass is 16.6. The summed E-state index contributed by atoms with van der Waals surface area (Å²) in [4.78, 5) is 0. The van der Waals surface area contributed by atoms with Crippen LogP contribution in [0.1, 0.15) is 5.56 Å².